The van der Waals surface area contributed by atoms with E-state index >= 15 is 0 Å². The van der Waals surface area contributed by atoms with Crippen LogP contribution in [-0.4, -0.2) is 24.1 Å². The maximum Gasteiger partial charge on any atom is 0.453 e. The van der Waals surface area contributed by atoms with E-state index in [4.69, 9.17) is 9.62 Å². The molecule has 37 heavy (non-hydrogen) atoms. The van der Waals surface area contributed by atoms with Gasteiger partial charge in [-0.05, 0) is 31.7 Å². The molecule has 0 saturated heterocycles. The van der Waals surface area contributed by atoms with Crippen LogP contribution < -0.4 is 0 Å². The van der Waals surface area contributed by atoms with Gasteiger partial charge in [0, 0.05) is 0 Å². The standard InChI is InChI=1S/C31H60O6/c1-5-7-9-10-11-12-13-14-15-16-17-18-19-20-21-22-23-24-25-26-28-34-29(32)30(33)35-37-36-31(3,4)27-8-6-2/h5-28H2,1-4H3. The molecule has 6 nitrogen and oxygen atoms in total. The predicted octanol–water partition coefficient (Wildman–Crippen LogP) is 9.73. The number of esters is 1. The van der Waals surface area contributed by atoms with Gasteiger partial charge in [-0.3, -0.25) is 4.89 Å². The second-order valence-corrected chi connectivity index (χ2v) is 11.2. The number of hydrogen-bond acceptors (Lipinski definition) is 6. The minimum Gasteiger partial charge on any atom is -0.457 e. The molecular weight excluding hydrogens is 468 g/mol. The number of ether oxygens (including phenoxy) is 1. The molecule has 0 heterocycles. The van der Waals surface area contributed by atoms with Crippen LogP contribution in [0, 0.1) is 0 Å². The fraction of sp³-hybridized carbons (Fsp3) is 0.935. The van der Waals surface area contributed by atoms with E-state index in [1.807, 2.05) is 13.8 Å². The predicted molar refractivity (Wildman–Crippen MR) is 151 cm³/mol. The minimum absolute atomic E-state index is 0.218. The van der Waals surface area contributed by atoms with Crippen LogP contribution in [0.4, 0.5) is 0 Å². The molecule has 0 atom stereocenters. The average molecular weight is 529 g/mol. The van der Waals surface area contributed by atoms with E-state index in [0.717, 1.165) is 38.5 Å². The Morgan fingerprint density at radius 1 is 0.514 bits per heavy atom. The molecule has 0 bridgehead atoms. The van der Waals surface area contributed by atoms with E-state index in [9.17, 15) is 9.59 Å². The van der Waals surface area contributed by atoms with Gasteiger partial charge in [-0.1, -0.05) is 149 Å². The van der Waals surface area contributed by atoms with Crippen molar-refractivity contribution in [2.24, 2.45) is 0 Å². The van der Waals surface area contributed by atoms with Crippen molar-refractivity contribution < 1.29 is 29.1 Å². The molecule has 0 N–H and O–H groups in total. The SMILES string of the molecule is CCCCCCCCCCCCCCCCCCCCCCOC(=O)C(=O)OOOC(C)(C)CCCC. The Balaban J connectivity index is 3.34. The van der Waals surface area contributed by atoms with Crippen molar-refractivity contribution in [1.29, 1.82) is 0 Å². The highest BCUT2D eigenvalue weighted by Gasteiger charge is 2.23. The maximum absolute atomic E-state index is 11.6. The lowest BCUT2D eigenvalue weighted by atomic mass is 10.0. The van der Waals surface area contributed by atoms with Crippen molar-refractivity contribution >= 4 is 11.9 Å². The van der Waals surface area contributed by atoms with E-state index in [-0.39, 0.29) is 6.61 Å². The van der Waals surface area contributed by atoms with Gasteiger partial charge in [0.05, 0.1) is 6.61 Å². The van der Waals surface area contributed by atoms with E-state index in [1.165, 1.54) is 109 Å². The molecule has 220 valence electrons. The smallest absolute Gasteiger partial charge is 0.453 e. The molecule has 0 aromatic carbocycles. The van der Waals surface area contributed by atoms with Crippen LogP contribution in [0.15, 0.2) is 0 Å². The highest BCUT2D eigenvalue weighted by atomic mass is 17.5. The summed E-state index contributed by atoms with van der Waals surface area (Å²) in [4.78, 5) is 32.7. The summed E-state index contributed by atoms with van der Waals surface area (Å²) >= 11 is 0. The van der Waals surface area contributed by atoms with Gasteiger partial charge >= 0.3 is 11.9 Å². The summed E-state index contributed by atoms with van der Waals surface area (Å²) in [6, 6.07) is 0. The summed E-state index contributed by atoms with van der Waals surface area (Å²) in [6.07, 6.45) is 29.1. The van der Waals surface area contributed by atoms with Crippen molar-refractivity contribution in [1.82, 2.24) is 0 Å². The number of unbranched alkanes of at least 4 members (excludes halogenated alkanes) is 20. The molecule has 0 rings (SSSR count). The van der Waals surface area contributed by atoms with E-state index in [2.05, 4.69) is 23.8 Å². The Morgan fingerprint density at radius 3 is 1.30 bits per heavy atom. The van der Waals surface area contributed by atoms with Crippen LogP contribution in [0.1, 0.15) is 175 Å². The molecule has 0 radical (unpaired) electrons. The van der Waals surface area contributed by atoms with Crippen molar-refractivity contribution in [2.45, 2.75) is 181 Å². The molecular formula is C31H60O6. The highest BCUT2D eigenvalue weighted by Crippen LogP contribution is 2.18. The molecule has 0 saturated carbocycles. The van der Waals surface area contributed by atoms with Crippen molar-refractivity contribution in [2.75, 3.05) is 6.61 Å². The lowest BCUT2D eigenvalue weighted by Crippen LogP contribution is -2.27. The van der Waals surface area contributed by atoms with Crippen LogP contribution in [-0.2, 0) is 29.1 Å². The topological polar surface area (TPSA) is 71.1 Å². The van der Waals surface area contributed by atoms with E-state index in [0.29, 0.717) is 0 Å². The van der Waals surface area contributed by atoms with Gasteiger partial charge in [0.2, 0.25) is 0 Å². The third-order valence-corrected chi connectivity index (χ3v) is 6.90. The molecule has 0 aliphatic carbocycles. The quantitative estimate of drug-likeness (QED) is 0.0347. The molecule has 0 aromatic heterocycles. The molecule has 0 aliphatic rings. The Labute approximate surface area is 228 Å². The second-order valence-electron chi connectivity index (χ2n) is 11.2. The molecule has 0 fully saturated rings. The van der Waals surface area contributed by atoms with Crippen molar-refractivity contribution in [3.8, 4) is 0 Å². The van der Waals surface area contributed by atoms with Crippen molar-refractivity contribution in [3.05, 3.63) is 0 Å². The Morgan fingerprint density at radius 2 is 0.892 bits per heavy atom. The Hall–Kier alpha value is -1.14. The van der Waals surface area contributed by atoms with Crippen LogP contribution >= 0.6 is 0 Å². The Bertz CT molecular complexity index is 520. The third kappa shape index (κ3) is 26.3. The normalized spacial score (nSPS) is 11.6. The molecule has 0 aliphatic heterocycles. The van der Waals surface area contributed by atoms with Crippen LogP contribution in [0.25, 0.3) is 0 Å². The van der Waals surface area contributed by atoms with Gasteiger partial charge in [-0.2, -0.15) is 4.89 Å². The van der Waals surface area contributed by atoms with Crippen LogP contribution in [0.5, 0.6) is 0 Å². The lowest BCUT2D eigenvalue weighted by molar-refractivity contribution is -0.516. The zero-order chi connectivity index (χ0) is 27.5. The molecule has 0 spiro atoms. The summed E-state index contributed by atoms with van der Waals surface area (Å²) in [5.41, 5.74) is -0.591. The molecule has 0 aromatic rings. The fourth-order valence-corrected chi connectivity index (χ4v) is 4.40. The summed E-state index contributed by atoms with van der Waals surface area (Å²) in [5.74, 6) is -2.24. The van der Waals surface area contributed by atoms with Gasteiger partial charge in [-0.25, -0.2) is 9.59 Å². The van der Waals surface area contributed by atoms with Crippen LogP contribution in [0.3, 0.4) is 0 Å². The lowest BCUT2D eigenvalue weighted by Gasteiger charge is -2.21. The molecule has 6 heteroatoms. The minimum atomic E-state index is -1.19. The van der Waals surface area contributed by atoms with Gasteiger partial charge in [0.15, 0.2) is 0 Å². The zero-order valence-corrected chi connectivity index (χ0v) is 24.9. The van der Waals surface area contributed by atoms with E-state index < -0.39 is 17.5 Å². The first-order chi connectivity index (χ1) is 17.9. The van der Waals surface area contributed by atoms with Crippen LogP contribution in [0.2, 0.25) is 0 Å². The summed E-state index contributed by atoms with van der Waals surface area (Å²) in [6.45, 7) is 8.23. The second kappa shape index (κ2) is 26.5. The zero-order valence-electron chi connectivity index (χ0n) is 24.9. The average Bonchev–Trinajstić information content (AvgIpc) is 2.88. The third-order valence-electron chi connectivity index (χ3n) is 6.90. The van der Waals surface area contributed by atoms with Gasteiger partial charge in [0.1, 0.15) is 5.60 Å². The Kier molecular flexibility index (Phi) is 25.7. The first-order valence-corrected chi connectivity index (χ1v) is 15.7. The molecule has 0 amide bonds. The summed E-state index contributed by atoms with van der Waals surface area (Å²) < 4.78 is 4.94. The maximum atomic E-state index is 11.6. The summed E-state index contributed by atoms with van der Waals surface area (Å²) in [7, 11) is 0. The van der Waals surface area contributed by atoms with Gasteiger partial charge in [0.25, 0.3) is 0 Å². The number of hydrogen-bond donors (Lipinski definition) is 0. The molecule has 0 unspecified atom stereocenters. The van der Waals surface area contributed by atoms with E-state index in [1.54, 1.807) is 0 Å². The summed E-state index contributed by atoms with van der Waals surface area (Å²) in [5, 5.41) is 4.48. The number of rotatable bonds is 27. The fourth-order valence-electron chi connectivity index (χ4n) is 4.40. The largest absolute Gasteiger partial charge is 0.457 e. The first kappa shape index (κ1) is 35.9. The van der Waals surface area contributed by atoms with Gasteiger partial charge < -0.3 is 4.74 Å². The van der Waals surface area contributed by atoms with Crippen molar-refractivity contribution in [3.63, 3.8) is 0 Å². The highest BCUT2D eigenvalue weighted by molar-refractivity contribution is 6.29. The first-order valence-electron chi connectivity index (χ1n) is 15.7. The number of carbonyl (C=O) groups is 2. The van der Waals surface area contributed by atoms with Gasteiger partial charge in [-0.15, -0.1) is 0 Å². The number of carbonyl (C=O) groups excluding carboxylic acids is 2. The monoisotopic (exact) mass is 528 g/mol.